The monoisotopic (exact) mass is 282 g/mol. The number of hydrogen-bond donors (Lipinski definition) is 3. The van der Waals surface area contributed by atoms with Gasteiger partial charge in [-0.3, -0.25) is 14.5 Å². The molecule has 2 aliphatic heterocycles. The zero-order valence-corrected chi connectivity index (χ0v) is 12.2. The summed E-state index contributed by atoms with van der Waals surface area (Å²) in [5.41, 5.74) is -1.19. The Balaban J connectivity index is 2.01. The molecule has 2 saturated heterocycles. The predicted octanol–water partition coefficient (Wildman–Crippen LogP) is -0.425. The van der Waals surface area contributed by atoms with Crippen LogP contribution in [0.1, 0.15) is 33.6 Å². The van der Waals surface area contributed by atoms with Crippen LogP contribution in [0.25, 0.3) is 0 Å². The summed E-state index contributed by atoms with van der Waals surface area (Å²) in [5, 5.41) is 8.60. The molecule has 4 amide bonds. The lowest BCUT2D eigenvalue weighted by Gasteiger charge is -2.25. The third-order valence-corrected chi connectivity index (χ3v) is 4.06. The quantitative estimate of drug-likeness (QED) is 0.611. The second kappa shape index (κ2) is 5.05. The molecule has 3 N–H and O–H groups in total. The number of imide groups is 1. The highest BCUT2D eigenvalue weighted by Crippen LogP contribution is 2.24. The van der Waals surface area contributed by atoms with Crippen LogP contribution in [0, 0.1) is 0 Å². The van der Waals surface area contributed by atoms with Gasteiger partial charge in [-0.2, -0.15) is 0 Å². The van der Waals surface area contributed by atoms with Gasteiger partial charge >= 0.3 is 6.03 Å². The fourth-order valence-corrected chi connectivity index (χ4v) is 2.45. The molecule has 0 bridgehead atoms. The van der Waals surface area contributed by atoms with Crippen molar-refractivity contribution in [1.82, 2.24) is 20.9 Å². The van der Waals surface area contributed by atoms with Crippen LogP contribution in [-0.4, -0.2) is 53.5 Å². The average molecular weight is 282 g/mol. The highest BCUT2D eigenvalue weighted by Gasteiger charge is 2.53. The Morgan fingerprint density at radius 2 is 2.15 bits per heavy atom. The van der Waals surface area contributed by atoms with Crippen molar-refractivity contribution in [3.8, 4) is 0 Å². The molecule has 2 rings (SSSR count). The van der Waals surface area contributed by atoms with E-state index in [0.717, 1.165) is 11.3 Å². The van der Waals surface area contributed by atoms with E-state index in [-0.39, 0.29) is 23.9 Å². The number of urea groups is 1. The van der Waals surface area contributed by atoms with Gasteiger partial charge in [0.2, 0.25) is 5.91 Å². The maximum absolute atomic E-state index is 12.3. The molecule has 1 atom stereocenters. The largest absolute Gasteiger partial charge is 0.350 e. The zero-order chi connectivity index (χ0) is 15.0. The van der Waals surface area contributed by atoms with Crippen LogP contribution in [0.4, 0.5) is 4.79 Å². The third kappa shape index (κ3) is 2.63. The fourth-order valence-electron chi connectivity index (χ4n) is 2.45. The number of carbonyl (C=O) groups excluding carboxylic acids is 3. The average Bonchev–Trinajstić information content (AvgIpc) is 2.91. The van der Waals surface area contributed by atoms with E-state index < -0.39 is 11.6 Å². The maximum Gasteiger partial charge on any atom is 0.325 e. The van der Waals surface area contributed by atoms with Gasteiger partial charge in [-0.05, 0) is 33.2 Å². The number of rotatable bonds is 4. The van der Waals surface area contributed by atoms with Gasteiger partial charge < -0.3 is 16.0 Å². The Labute approximate surface area is 118 Å². The number of nitrogens with zero attached hydrogens (tertiary/aromatic N) is 1. The summed E-state index contributed by atoms with van der Waals surface area (Å²) < 4.78 is 0. The molecule has 7 heteroatoms. The smallest absolute Gasteiger partial charge is 0.325 e. The lowest BCUT2D eigenvalue weighted by molar-refractivity contribution is -0.135. The van der Waals surface area contributed by atoms with Gasteiger partial charge in [0.1, 0.15) is 12.1 Å². The Bertz CT molecular complexity index is 441. The summed E-state index contributed by atoms with van der Waals surface area (Å²) in [6.07, 6.45) is 1.34. The molecule has 0 aliphatic carbocycles. The molecular weight excluding hydrogens is 260 g/mol. The lowest BCUT2D eigenvalue weighted by atomic mass is 9.99. The van der Waals surface area contributed by atoms with Gasteiger partial charge in [0.15, 0.2) is 0 Å². The summed E-state index contributed by atoms with van der Waals surface area (Å²) in [7, 11) is 0. The normalized spacial score (nSPS) is 26.2. The molecule has 0 aromatic rings. The highest BCUT2D eigenvalue weighted by molar-refractivity contribution is 6.09. The number of amides is 4. The second-order valence-corrected chi connectivity index (χ2v) is 6.12. The van der Waals surface area contributed by atoms with Crippen LogP contribution >= 0.6 is 0 Å². The summed E-state index contributed by atoms with van der Waals surface area (Å²) >= 11 is 0. The molecule has 2 heterocycles. The van der Waals surface area contributed by atoms with Crippen LogP contribution in [-0.2, 0) is 9.59 Å². The van der Waals surface area contributed by atoms with Crippen LogP contribution in [0.2, 0.25) is 0 Å². The lowest BCUT2D eigenvalue weighted by Crippen LogP contribution is -2.50. The molecular formula is C13H22N4O3. The van der Waals surface area contributed by atoms with Gasteiger partial charge in [-0.15, -0.1) is 0 Å². The van der Waals surface area contributed by atoms with Crippen LogP contribution in [0.5, 0.6) is 0 Å². The topological polar surface area (TPSA) is 90.5 Å². The molecule has 7 nitrogen and oxygen atoms in total. The molecule has 20 heavy (non-hydrogen) atoms. The first-order chi connectivity index (χ1) is 9.30. The van der Waals surface area contributed by atoms with Crippen LogP contribution in [0.3, 0.4) is 0 Å². The van der Waals surface area contributed by atoms with Gasteiger partial charge in [0.05, 0.1) is 0 Å². The Morgan fingerprint density at radius 3 is 2.70 bits per heavy atom. The first kappa shape index (κ1) is 14.8. The van der Waals surface area contributed by atoms with Gasteiger partial charge in [0.25, 0.3) is 5.91 Å². The Morgan fingerprint density at radius 1 is 1.45 bits per heavy atom. The molecule has 0 aromatic heterocycles. The van der Waals surface area contributed by atoms with Crippen molar-refractivity contribution in [2.24, 2.45) is 0 Å². The van der Waals surface area contributed by atoms with Crippen molar-refractivity contribution in [3.63, 3.8) is 0 Å². The summed E-state index contributed by atoms with van der Waals surface area (Å²) in [4.78, 5) is 37.2. The standard InChI is InChI=1S/C13H22N4O3/c1-4-12(2,3)15-9(18)7-17-10(19)13(16-11(17)20)5-6-14-8-13/h14H,4-8H2,1-3H3,(H,15,18)(H,16,20). The molecule has 1 unspecified atom stereocenters. The van der Waals surface area contributed by atoms with E-state index in [9.17, 15) is 14.4 Å². The first-order valence-electron chi connectivity index (χ1n) is 6.95. The van der Waals surface area contributed by atoms with Gasteiger partial charge in [-0.1, -0.05) is 6.92 Å². The molecule has 0 aromatic carbocycles. The molecule has 112 valence electrons. The minimum absolute atomic E-state index is 0.226. The molecule has 2 fully saturated rings. The number of hydrogen-bond acceptors (Lipinski definition) is 4. The first-order valence-corrected chi connectivity index (χ1v) is 6.95. The van der Waals surface area contributed by atoms with Crippen molar-refractivity contribution < 1.29 is 14.4 Å². The molecule has 1 spiro atoms. The van der Waals surface area contributed by atoms with Crippen molar-refractivity contribution >= 4 is 17.8 Å². The SMILES string of the molecule is CCC(C)(C)NC(=O)CN1C(=O)NC2(CCNC2)C1=O. The summed E-state index contributed by atoms with van der Waals surface area (Å²) in [6, 6.07) is -0.483. The molecule has 0 radical (unpaired) electrons. The van der Waals surface area contributed by atoms with E-state index in [0.29, 0.717) is 19.5 Å². The van der Waals surface area contributed by atoms with Crippen LogP contribution in [0.15, 0.2) is 0 Å². The number of carbonyl (C=O) groups is 3. The fraction of sp³-hybridized carbons (Fsp3) is 0.769. The van der Waals surface area contributed by atoms with E-state index in [1.165, 1.54) is 0 Å². The maximum atomic E-state index is 12.3. The van der Waals surface area contributed by atoms with Crippen LogP contribution < -0.4 is 16.0 Å². The van der Waals surface area contributed by atoms with E-state index in [1.54, 1.807) is 0 Å². The predicted molar refractivity (Wildman–Crippen MR) is 73.0 cm³/mol. The second-order valence-electron chi connectivity index (χ2n) is 6.12. The van der Waals surface area contributed by atoms with E-state index in [4.69, 9.17) is 0 Å². The highest BCUT2D eigenvalue weighted by atomic mass is 16.2. The molecule has 0 saturated carbocycles. The van der Waals surface area contributed by atoms with Crippen molar-refractivity contribution in [3.05, 3.63) is 0 Å². The summed E-state index contributed by atoms with van der Waals surface area (Å²) in [5.74, 6) is -0.625. The van der Waals surface area contributed by atoms with Crippen molar-refractivity contribution in [2.75, 3.05) is 19.6 Å². The van der Waals surface area contributed by atoms with E-state index in [1.807, 2.05) is 20.8 Å². The van der Waals surface area contributed by atoms with E-state index in [2.05, 4.69) is 16.0 Å². The summed E-state index contributed by atoms with van der Waals surface area (Å²) in [6.45, 7) is 6.66. The minimum Gasteiger partial charge on any atom is -0.350 e. The Hall–Kier alpha value is -1.63. The third-order valence-electron chi connectivity index (χ3n) is 4.06. The van der Waals surface area contributed by atoms with Crippen molar-refractivity contribution in [2.45, 2.75) is 44.7 Å². The number of nitrogens with one attached hydrogen (secondary N) is 3. The van der Waals surface area contributed by atoms with Gasteiger partial charge in [-0.25, -0.2) is 4.79 Å². The Kier molecular flexibility index (Phi) is 3.73. The molecule has 2 aliphatic rings. The van der Waals surface area contributed by atoms with Gasteiger partial charge in [0, 0.05) is 12.1 Å². The van der Waals surface area contributed by atoms with Crippen molar-refractivity contribution in [1.29, 1.82) is 0 Å². The minimum atomic E-state index is -0.850. The van der Waals surface area contributed by atoms with E-state index >= 15 is 0 Å². The zero-order valence-electron chi connectivity index (χ0n) is 12.2.